The van der Waals surface area contributed by atoms with Crippen molar-refractivity contribution in [2.45, 2.75) is 63.5 Å². The third-order valence-corrected chi connectivity index (χ3v) is 7.58. The molecule has 4 fully saturated rings. The van der Waals surface area contributed by atoms with Crippen molar-refractivity contribution in [3.05, 3.63) is 23.0 Å². The molecule has 4 atom stereocenters. The molecule has 0 aromatic rings. The maximum absolute atomic E-state index is 12.7. The summed E-state index contributed by atoms with van der Waals surface area (Å²) in [5.74, 6) is 3.19. The van der Waals surface area contributed by atoms with Gasteiger partial charge in [0.05, 0.1) is 0 Å². The molecule has 2 aliphatic heterocycles. The topological polar surface area (TPSA) is 29.5 Å². The van der Waals surface area contributed by atoms with Gasteiger partial charge in [0.1, 0.15) is 5.76 Å². The monoisotopic (exact) mass is 311 g/mol. The fourth-order valence-corrected chi connectivity index (χ4v) is 6.52. The van der Waals surface area contributed by atoms with Crippen molar-refractivity contribution in [3.63, 3.8) is 0 Å². The zero-order valence-corrected chi connectivity index (χ0v) is 13.7. The molecule has 6 aliphatic rings. The Bertz CT molecular complexity index is 659. The summed E-state index contributed by atoms with van der Waals surface area (Å²) in [5.41, 5.74) is 3.11. The largest absolute Gasteiger partial charge is 0.486 e. The van der Waals surface area contributed by atoms with Crippen LogP contribution in [0, 0.1) is 17.3 Å². The van der Waals surface area contributed by atoms with Gasteiger partial charge in [-0.15, -0.1) is 0 Å². The van der Waals surface area contributed by atoms with Crippen molar-refractivity contribution in [1.29, 1.82) is 0 Å². The highest BCUT2D eigenvalue weighted by atomic mass is 16.5. The molecule has 0 amide bonds. The molecule has 3 heteroatoms. The lowest BCUT2D eigenvalue weighted by atomic mass is 9.50. The molecule has 2 heterocycles. The molecule has 6 rings (SSSR count). The maximum atomic E-state index is 12.7. The van der Waals surface area contributed by atoms with Crippen LogP contribution in [-0.2, 0) is 9.53 Å². The molecule has 4 aliphatic carbocycles. The van der Waals surface area contributed by atoms with E-state index in [1.165, 1.54) is 43.7 Å². The molecule has 0 unspecified atom stereocenters. The minimum absolute atomic E-state index is 0.0554. The number of piperidine rings is 1. The van der Waals surface area contributed by atoms with E-state index in [0.717, 1.165) is 38.0 Å². The van der Waals surface area contributed by atoms with Crippen LogP contribution in [0.3, 0.4) is 0 Å². The summed E-state index contributed by atoms with van der Waals surface area (Å²) in [7, 11) is 0. The lowest BCUT2D eigenvalue weighted by Crippen LogP contribution is -2.64. The second-order valence-corrected chi connectivity index (χ2v) is 8.68. The Morgan fingerprint density at radius 1 is 1.26 bits per heavy atom. The average molecular weight is 311 g/mol. The number of allylic oxidation sites excluding steroid dienone is 2. The van der Waals surface area contributed by atoms with Gasteiger partial charge < -0.3 is 4.74 Å². The Morgan fingerprint density at radius 3 is 3.04 bits per heavy atom. The van der Waals surface area contributed by atoms with Gasteiger partial charge in [0.15, 0.2) is 11.9 Å². The van der Waals surface area contributed by atoms with E-state index in [-0.39, 0.29) is 11.5 Å². The molecular formula is C20H25NO2. The van der Waals surface area contributed by atoms with Crippen LogP contribution >= 0.6 is 0 Å². The second-order valence-electron chi connectivity index (χ2n) is 8.68. The van der Waals surface area contributed by atoms with E-state index in [0.29, 0.717) is 17.7 Å². The van der Waals surface area contributed by atoms with E-state index in [1.807, 2.05) is 0 Å². The van der Waals surface area contributed by atoms with Crippen molar-refractivity contribution in [2.75, 3.05) is 13.1 Å². The first-order valence-corrected chi connectivity index (χ1v) is 9.64. The average Bonchev–Trinajstić information content (AvgIpc) is 3.30. The first-order chi connectivity index (χ1) is 11.3. The van der Waals surface area contributed by atoms with Gasteiger partial charge in [-0.25, -0.2) is 0 Å². The normalized spacial score (nSPS) is 44.8. The van der Waals surface area contributed by atoms with Gasteiger partial charge >= 0.3 is 0 Å². The molecule has 23 heavy (non-hydrogen) atoms. The summed E-state index contributed by atoms with van der Waals surface area (Å²) in [6.07, 6.45) is 11.5. The number of ether oxygens (including phenoxy) is 1. The number of hydrogen-bond acceptors (Lipinski definition) is 3. The number of likely N-dealkylation sites (tertiary alicyclic amines) is 1. The van der Waals surface area contributed by atoms with E-state index >= 15 is 0 Å². The van der Waals surface area contributed by atoms with Crippen molar-refractivity contribution in [3.8, 4) is 0 Å². The highest BCUT2D eigenvalue weighted by Crippen LogP contribution is 2.65. The number of rotatable bonds is 2. The number of carbonyl (C=O) groups excluding carboxylic acids is 1. The number of hydrogen-bond donors (Lipinski definition) is 0. The van der Waals surface area contributed by atoms with Crippen LogP contribution in [0.25, 0.3) is 0 Å². The molecule has 122 valence electrons. The fourth-order valence-electron chi connectivity index (χ4n) is 6.52. The third kappa shape index (κ3) is 1.57. The van der Waals surface area contributed by atoms with E-state index in [4.69, 9.17) is 4.74 Å². The van der Waals surface area contributed by atoms with Crippen LogP contribution in [0.2, 0.25) is 0 Å². The van der Waals surface area contributed by atoms with Gasteiger partial charge in [-0.3, -0.25) is 9.69 Å². The molecule has 1 saturated heterocycles. The Labute approximate surface area is 137 Å². The van der Waals surface area contributed by atoms with E-state index in [2.05, 4.69) is 11.0 Å². The summed E-state index contributed by atoms with van der Waals surface area (Å²) < 4.78 is 6.34. The van der Waals surface area contributed by atoms with E-state index in [9.17, 15) is 4.79 Å². The van der Waals surface area contributed by atoms with Crippen LogP contribution < -0.4 is 0 Å². The minimum atomic E-state index is -0.140. The van der Waals surface area contributed by atoms with Crippen molar-refractivity contribution >= 4 is 5.78 Å². The molecule has 0 radical (unpaired) electrons. The number of ketones is 1. The van der Waals surface area contributed by atoms with Gasteiger partial charge in [0, 0.05) is 36.4 Å². The quantitative estimate of drug-likeness (QED) is 0.784. The van der Waals surface area contributed by atoms with E-state index < -0.39 is 0 Å². The standard InChI is InChI=1S/C20H25NO2/c22-16-7-6-14-15-10-13-2-1-3-17-18(13)20(14,19(16)23-17)8-9-21(15)11-12-4-5-12/h2,12,14-15,19H,1,3-11H2/t14-,15+,19-,20-/m0/s1. The summed E-state index contributed by atoms with van der Waals surface area (Å²) >= 11 is 0. The molecule has 0 aromatic heterocycles. The number of nitrogens with zero attached hydrogens (tertiary/aromatic N) is 1. The Balaban J connectivity index is 1.48. The Morgan fingerprint density at radius 2 is 2.17 bits per heavy atom. The number of carbonyl (C=O) groups is 1. The molecule has 3 saturated carbocycles. The molecule has 3 nitrogen and oxygen atoms in total. The Kier molecular flexibility index (Phi) is 2.47. The maximum Gasteiger partial charge on any atom is 0.174 e. The highest BCUT2D eigenvalue weighted by Gasteiger charge is 2.66. The van der Waals surface area contributed by atoms with Gasteiger partial charge in [0.25, 0.3) is 0 Å². The predicted octanol–water partition coefficient (Wildman–Crippen LogP) is 3.21. The molecular weight excluding hydrogens is 286 g/mol. The van der Waals surface area contributed by atoms with Gasteiger partial charge in [0.2, 0.25) is 0 Å². The highest BCUT2D eigenvalue weighted by molar-refractivity contribution is 5.87. The predicted molar refractivity (Wildman–Crippen MR) is 86.7 cm³/mol. The summed E-state index contributed by atoms with van der Waals surface area (Å²) in [6.45, 7) is 2.48. The summed E-state index contributed by atoms with van der Waals surface area (Å²) in [6, 6.07) is 0.663. The van der Waals surface area contributed by atoms with Crippen LogP contribution in [0.4, 0.5) is 0 Å². The Hall–Kier alpha value is -1.09. The van der Waals surface area contributed by atoms with Crippen LogP contribution in [0.5, 0.6) is 0 Å². The van der Waals surface area contributed by atoms with Crippen molar-refractivity contribution in [2.24, 2.45) is 17.3 Å². The minimum Gasteiger partial charge on any atom is -0.486 e. The SMILES string of the molecule is O=C1CC[C@H]2[C@H]3CC4=CCCC5=C4[C@@]2(CCN3CC2CC2)[C@H]1O5. The number of Topliss-reactive ketones (excluding diaryl/α,β-unsaturated/α-hetero) is 1. The lowest BCUT2D eigenvalue weighted by Gasteiger charge is -2.59. The van der Waals surface area contributed by atoms with Gasteiger partial charge in [-0.1, -0.05) is 6.08 Å². The molecule has 1 spiro atoms. The fraction of sp³-hybridized carbons (Fsp3) is 0.750. The van der Waals surface area contributed by atoms with Crippen LogP contribution in [-0.4, -0.2) is 35.9 Å². The zero-order valence-electron chi connectivity index (χ0n) is 13.7. The lowest BCUT2D eigenvalue weighted by molar-refractivity contribution is -0.148. The van der Waals surface area contributed by atoms with Crippen molar-refractivity contribution in [1.82, 2.24) is 4.90 Å². The third-order valence-electron chi connectivity index (χ3n) is 7.58. The summed E-state index contributed by atoms with van der Waals surface area (Å²) in [5, 5.41) is 0. The van der Waals surface area contributed by atoms with Gasteiger partial charge in [-0.2, -0.15) is 0 Å². The second kappa shape index (κ2) is 4.30. The van der Waals surface area contributed by atoms with Crippen molar-refractivity contribution < 1.29 is 9.53 Å². The first-order valence-electron chi connectivity index (χ1n) is 9.64. The molecule has 2 bridgehead atoms. The zero-order chi connectivity index (χ0) is 15.2. The van der Waals surface area contributed by atoms with Crippen LogP contribution in [0.15, 0.2) is 23.0 Å². The smallest absolute Gasteiger partial charge is 0.174 e. The van der Waals surface area contributed by atoms with E-state index in [1.54, 1.807) is 5.57 Å². The molecule has 0 N–H and O–H groups in total. The first kappa shape index (κ1) is 13.2. The van der Waals surface area contributed by atoms with Gasteiger partial charge in [-0.05, 0) is 62.5 Å². The summed E-state index contributed by atoms with van der Waals surface area (Å²) in [4.78, 5) is 15.5. The van der Waals surface area contributed by atoms with Crippen LogP contribution in [0.1, 0.15) is 51.4 Å². The molecule has 0 aromatic carbocycles.